The third-order valence-electron chi connectivity index (χ3n) is 4.71. The molecule has 2 N–H and O–H groups in total. The number of H-pyrrole nitrogens is 1. The van der Waals surface area contributed by atoms with E-state index in [1.807, 2.05) is 0 Å². The summed E-state index contributed by atoms with van der Waals surface area (Å²) in [4.78, 5) is 57.1. The average Bonchev–Trinajstić information content (AvgIpc) is 3.42. The van der Waals surface area contributed by atoms with E-state index >= 15 is 0 Å². The zero-order valence-electron chi connectivity index (χ0n) is 16.0. The second kappa shape index (κ2) is 8.11. The molecule has 1 aliphatic rings. The number of ether oxygens (including phenoxy) is 1. The monoisotopic (exact) mass is 430 g/mol. The highest BCUT2D eigenvalue weighted by Crippen LogP contribution is 2.39. The summed E-state index contributed by atoms with van der Waals surface area (Å²) in [6.07, 6.45) is 3.79. The quantitative estimate of drug-likeness (QED) is 0.565. The van der Waals surface area contributed by atoms with E-state index in [4.69, 9.17) is 9.15 Å². The molecule has 156 valence electrons. The Hall–Kier alpha value is -3.47. The number of rotatable bonds is 6. The van der Waals surface area contributed by atoms with Gasteiger partial charge in [0.2, 0.25) is 0 Å². The molecule has 3 aromatic rings. The fourth-order valence-electron chi connectivity index (χ4n) is 3.29. The number of esters is 1. The number of carbonyl (C=O) groups excluding carboxylic acids is 2. The zero-order valence-corrected chi connectivity index (χ0v) is 16.8. The molecular weight excluding hydrogens is 412 g/mol. The van der Waals surface area contributed by atoms with Crippen LogP contribution in [0, 0.1) is 0 Å². The van der Waals surface area contributed by atoms with Gasteiger partial charge in [0, 0.05) is 11.1 Å². The first-order chi connectivity index (χ1) is 14.5. The minimum absolute atomic E-state index is 0.102. The Morgan fingerprint density at radius 3 is 3.00 bits per heavy atom. The number of amides is 1. The van der Waals surface area contributed by atoms with Crippen molar-refractivity contribution in [1.29, 1.82) is 0 Å². The third kappa shape index (κ3) is 3.71. The van der Waals surface area contributed by atoms with Crippen LogP contribution in [-0.2, 0) is 22.5 Å². The minimum Gasteiger partial charge on any atom is -0.467 e. The number of hydrogen-bond acceptors (Lipinski definition) is 8. The highest BCUT2D eigenvalue weighted by Gasteiger charge is 2.34. The maximum absolute atomic E-state index is 12.7. The fourth-order valence-corrected chi connectivity index (χ4v) is 4.33. The van der Waals surface area contributed by atoms with E-state index in [-0.39, 0.29) is 29.8 Å². The van der Waals surface area contributed by atoms with Crippen LogP contribution < -0.4 is 16.6 Å². The van der Waals surface area contributed by atoms with Crippen molar-refractivity contribution in [2.75, 3.05) is 11.9 Å². The normalized spacial score (nSPS) is 15.0. The van der Waals surface area contributed by atoms with Crippen molar-refractivity contribution in [3.05, 3.63) is 67.3 Å². The lowest BCUT2D eigenvalue weighted by Gasteiger charge is -2.08. The molecule has 3 aromatic heterocycles. The maximum Gasteiger partial charge on any atom is 0.328 e. The molecule has 0 bridgehead atoms. The number of aryl methyl sites for hydroxylation is 1. The number of fused-ring (bicyclic) bond motifs is 1. The van der Waals surface area contributed by atoms with E-state index in [1.165, 1.54) is 17.6 Å². The van der Waals surface area contributed by atoms with Gasteiger partial charge in [0.1, 0.15) is 17.2 Å². The van der Waals surface area contributed by atoms with E-state index in [2.05, 4.69) is 15.3 Å². The number of anilines is 1. The summed E-state index contributed by atoms with van der Waals surface area (Å²) in [5.41, 5.74) is -1.04. The highest BCUT2D eigenvalue weighted by molar-refractivity contribution is 7.16. The van der Waals surface area contributed by atoms with Crippen molar-refractivity contribution in [3.63, 3.8) is 0 Å². The molecule has 0 fully saturated rings. The minimum atomic E-state index is -0.749. The first kappa shape index (κ1) is 19.8. The molecule has 1 atom stereocenters. The summed E-state index contributed by atoms with van der Waals surface area (Å²) in [5.74, 6) is -1.08. The first-order valence-corrected chi connectivity index (χ1v) is 10.1. The number of hydrogen-bond donors (Lipinski definition) is 2. The van der Waals surface area contributed by atoms with Crippen LogP contribution in [0.5, 0.6) is 0 Å². The largest absolute Gasteiger partial charge is 0.467 e. The summed E-state index contributed by atoms with van der Waals surface area (Å²) in [7, 11) is 0. The third-order valence-corrected chi connectivity index (χ3v) is 5.76. The van der Waals surface area contributed by atoms with Crippen molar-refractivity contribution < 1.29 is 18.7 Å². The Morgan fingerprint density at radius 1 is 1.43 bits per heavy atom. The van der Waals surface area contributed by atoms with Gasteiger partial charge in [0.25, 0.3) is 11.5 Å². The van der Waals surface area contributed by atoms with Gasteiger partial charge in [-0.2, -0.15) is 0 Å². The van der Waals surface area contributed by atoms with Crippen molar-refractivity contribution in [1.82, 2.24) is 14.5 Å². The second-order valence-corrected chi connectivity index (χ2v) is 7.69. The second-order valence-electron chi connectivity index (χ2n) is 6.60. The Kier molecular flexibility index (Phi) is 5.36. The number of aromatic nitrogens is 3. The predicted octanol–water partition coefficient (Wildman–Crippen LogP) is 1.48. The van der Waals surface area contributed by atoms with Gasteiger partial charge in [0.15, 0.2) is 5.13 Å². The van der Waals surface area contributed by atoms with Crippen LogP contribution in [0.25, 0.3) is 0 Å². The van der Waals surface area contributed by atoms with E-state index in [9.17, 15) is 19.2 Å². The smallest absolute Gasteiger partial charge is 0.328 e. The highest BCUT2D eigenvalue weighted by atomic mass is 32.1. The van der Waals surface area contributed by atoms with Crippen LogP contribution in [0.1, 0.15) is 46.0 Å². The number of nitrogens with one attached hydrogen (secondary N) is 2. The lowest BCUT2D eigenvalue weighted by Crippen LogP contribution is -2.39. The molecule has 0 aliphatic heterocycles. The van der Waals surface area contributed by atoms with Gasteiger partial charge in [-0.3, -0.25) is 24.3 Å². The average molecular weight is 430 g/mol. The summed E-state index contributed by atoms with van der Waals surface area (Å²) >= 11 is 1.25. The van der Waals surface area contributed by atoms with Gasteiger partial charge in [0.05, 0.1) is 25.1 Å². The van der Waals surface area contributed by atoms with Crippen molar-refractivity contribution in [3.8, 4) is 0 Å². The maximum atomic E-state index is 12.7. The Labute approximate surface area is 173 Å². The lowest BCUT2D eigenvalue weighted by atomic mass is 10.1. The molecule has 11 heteroatoms. The van der Waals surface area contributed by atoms with Crippen LogP contribution in [0.3, 0.4) is 0 Å². The number of thiazole rings is 1. The molecule has 3 heterocycles. The Morgan fingerprint density at radius 2 is 2.27 bits per heavy atom. The van der Waals surface area contributed by atoms with Gasteiger partial charge in [-0.15, -0.1) is 11.3 Å². The summed E-state index contributed by atoms with van der Waals surface area (Å²) in [5, 5.41) is 2.86. The van der Waals surface area contributed by atoms with E-state index in [1.54, 1.807) is 19.1 Å². The zero-order chi connectivity index (χ0) is 21.3. The van der Waals surface area contributed by atoms with Gasteiger partial charge in [-0.25, -0.2) is 9.78 Å². The van der Waals surface area contributed by atoms with Gasteiger partial charge in [-0.1, -0.05) is 0 Å². The Balaban J connectivity index is 1.56. The van der Waals surface area contributed by atoms with Crippen molar-refractivity contribution >= 4 is 28.3 Å². The van der Waals surface area contributed by atoms with Crippen LogP contribution in [-0.4, -0.2) is 33.0 Å². The van der Waals surface area contributed by atoms with Crippen LogP contribution in [0.15, 0.2) is 38.6 Å². The molecule has 0 radical (unpaired) electrons. The topological polar surface area (TPSA) is 136 Å². The number of carbonyl (C=O) groups is 2. The SMILES string of the molecule is CCOC(=O)C1CCc2sc(NC(=O)c3c[nH]c(=O)n(Cc4ccco4)c3=O)nc21. The van der Waals surface area contributed by atoms with E-state index in [0.717, 1.165) is 15.6 Å². The number of aromatic amines is 1. The van der Waals surface area contributed by atoms with E-state index in [0.29, 0.717) is 24.3 Å². The molecule has 0 spiro atoms. The molecule has 4 rings (SSSR count). The standard InChI is InChI=1S/C19H18N4O6S/c1-2-28-17(26)11-5-6-13-14(11)21-18(30-13)22-15(24)12-8-20-19(27)23(16(12)25)9-10-4-3-7-29-10/h3-4,7-8,11H,2,5-6,9H2,1H3,(H,20,27)(H,21,22,24). The molecule has 1 unspecified atom stereocenters. The summed E-state index contributed by atoms with van der Waals surface area (Å²) in [6.45, 7) is 1.92. The predicted molar refractivity (Wildman–Crippen MR) is 107 cm³/mol. The fraction of sp³-hybridized carbons (Fsp3) is 0.316. The molecular formula is C19H18N4O6S. The van der Waals surface area contributed by atoms with E-state index < -0.39 is 23.1 Å². The van der Waals surface area contributed by atoms with Crippen molar-refractivity contribution in [2.24, 2.45) is 0 Å². The molecule has 30 heavy (non-hydrogen) atoms. The number of furan rings is 1. The number of nitrogens with zero attached hydrogens (tertiary/aromatic N) is 2. The van der Waals surface area contributed by atoms with Crippen LogP contribution >= 0.6 is 11.3 Å². The summed E-state index contributed by atoms with van der Waals surface area (Å²) in [6, 6.07) is 3.26. The molecule has 10 nitrogen and oxygen atoms in total. The first-order valence-electron chi connectivity index (χ1n) is 9.30. The molecule has 0 aromatic carbocycles. The molecule has 1 aliphatic carbocycles. The van der Waals surface area contributed by atoms with Crippen LogP contribution in [0.4, 0.5) is 5.13 Å². The molecule has 1 amide bonds. The van der Waals surface area contributed by atoms with Gasteiger partial charge < -0.3 is 14.1 Å². The van der Waals surface area contributed by atoms with Crippen LogP contribution in [0.2, 0.25) is 0 Å². The van der Waals surface area contributed by atoms with Crippen molar-refractivity contribution in [2.45, 2.75) is 32.2 Å². The van der Waals surface area contributed by atoms with Gasteiger partial charge in [-0.05, 0) is 31.9 Å². The lowest BCUT2D eigenvalue weighted by molar-refractivity contribution is -0.145. The van der Waals surface area contributed by atoms with Gasteiger partial charge >= 0.3 is 11.7 Å². The molecule has 0 saturated heterocycles. The summed E-state index contributed by atoms with van der Waals surface area (Å²) < 4.78 is 11.1. The molecule has 0 saturated carbocycles. The Bertz CT molecular complexity index is 1210.